The van der Waals surface area contributed by atoms with Crippen molar-refractivity contribution in [2.24, 2.45) is 29.1 Å². The predicted octanol–water partition coefficient (Wildman–Crippen LogP) is 2.15. The van der Waals surface area contributed by atoms with Gasteiger partial charge in [-0.05, 0) is 36.0 Å². The number of carbonyl (C=O) groups is 1. The van der Waals surface area contributed by atoms with Crippen molar-refractivity contribution in [3.8, 4) is 0 Å². The maximum atomic E-state index is 11.7. The monoisotopic (exact) mass is 250 g/mol. The Morgan fingerprint density at radius 3 is 2.72 bits per heavy atom. The summed E-state index contributed by atoms with van der Waals surface area (Å²) in [7, 11) is 0. The van der Waals surface area contributed by atoms with Crippen LogP contribution in [0.2, 0.25) is 0 Å². The number of fused-ring (bicyclic) bond motifs is 2. The SMILES string of the molecule is C[C@@H]1C=C2C(=O)OC[C@H]2[C@H](O)[C@H]2CC(C)(C)C[C@H]21. The smallest absolute Gasteiger partial charge is 0.334 e. The first-order valence-corrected chi connectivity index (χ1v) is 6.96. The molecule has 0 radical (unpaired) electrons. The van der Waals surface area contributed by atoms with Gasteiger partial charge in [0.25, 0.3) is 0 Å². The molecule has 0 amide bonds. The summed E-state index contributed by atoms with van der Waals surface area (Å²) in [6.07, 6.45) is 3.84. The molecule has 1 saturated heterocycles. The number of rotatable bonds is 0. The summed E-state index contributed by atoms with van der Waals surface area (Å²) < 4.78 is 5.11. The minimum Gasteiger partial charge on any atom is -0.462 e. The zero-order chi connectivity index (χ0) is 13.1. The van der Waals surface area contributed by atoms with Crippen molar-refractivity contribution in [2.45, 2.75) is 39.7 Å². The molecule has 18 heavy (non-hydrogen) atoms. The number of carbonyl (C=O) groups excluding carboxylic acids is 1. The molecule has 1 heterocycles. The minimum atomic E-state index is -0.417. The van der Waals surface area contributed by atoms with E-state index in [1.165, 1.54) is 0 Å². The molecular formula is C15H22O3. The van der Waals surface area contributed by atoms with Crippen LogP contribution in [0.5, 0.6) is 0 Å². The molecule has 2 aliphatic carbocycles. The summed E-state index contributed by atoms with van der Waals surface area (Å²) in [4.78, 5) is 11.7. The van der Waals surface area contributed by atoms with Gasteiger partial charge in [-0.2, -0.15) is 0 Å². The molecule has 5 atom stereocenters. The van der Waals surface area contributed by atoms with Crippen LogP contribution in [-0.2, 0) is 9.53 Å². The van der Waals surface area contributed by atoms with Gasteiger partial charge in [0.05, 0.1) is 12.0 Å². The van der Waals surface area contributed by atoms with Gasteiger partial charge in [-0.3, -0.25) is 0 Å². The molecule has 2 fully saturated rings. The standard InChI is InChI=1S/C15H22O3/c1-8-4-9-12(7-18-14(9)17)13(16)11-6-15(2,3)5-10(8)11/h4,8,10-13,16H,5-7H2,1-3H3/t8-,10+,11+,12-,13-/m1/s1. The molecule has 3 rings (SSSR count). The summed E-state index contributed by atoms with van der Waals surface area (Å²) in [5.74, 6) is 0.857. The molecule has 3 aliphatic rings. The number of hydrogen-bond donors (Lipinski definition) is 1. The Morgan fingerprint density at radius 2 is 2.00 bits per heavy atom. The van der Waals surface area contributed by atoms with E-state index in [4.69, 9.17) is 4.74 Å². The Kier molecular flexibility index (Phi) is 2.60. The molecule has 1 aliphatic heterocycles. The number of aliphatic hydroxyl groups excluding tert-OH is 1. The highest BCUT2D eigenvalue weighted by molar-refractivity contribution is 5.91. The van der Waals surface area contributed by atoms with Crippen LogP contribution < -0.4 is 0 Å². The van der Waals surface area contributed by atoms with Crippen LogP contribution in [0.4, 0.5) is 0 Å². The van der Waals surface area contributed by atoms with E-state index in [0.29, 0.717) is 29.8 Å². The van der Waals surface area contributed by atoms with Gasteiger partial charge >= 0.3 is 5.97 Å². The lowest BCUT2D eigenvalue weighted by atomic mass is 9.81. The van der Waals surface area contributed by atoms with Crippen molar-refractivity contribution < 1.29 is 14.6 Å². The number of aliphatic hydroxyl groups is 1. The zero-order valence-electron chi connectivity index (χ0n) is 11.3. The lowest BCUT2D eigenvalue weighted by molar-refractivity contribution is -0.135. The van der Waals surface area contributed by atoms with E-state index in [0.717, 1.165) is 18.4 Å². The Morgan fingerprint density at radius 1 is 1.33 bits per heavy atom. The van der Waals surface area contributed by atoms with E-state index in [1.807, 2.05) is 0 Å². The summed E-state index contributed by atoms with van der Waals surface area (Å²) >= 11 is 0. The van der Waals surface area contributed by atoms with E-state index in [-0.39, 0.29) is 11.9 Å². The first kappa shape index (κ1) is 12.2. The summed E-state index contributed by atoms with van der Waals surface area (Å²) in [5.41, 5.74) is 1.03. The number of ether oxygens (including phenoxy) is 1. The fraction of sp³-hybridized carbons (Fsp3) is 0.800. The van der Waals surface area contributed by atoms with Crippen LogP contribution in [-0.4, -0.2) is 23.8 Å². The molecule has 0 aromatic heterocycles. The van der Waals surface area contributed by atoms with Crippen LogP contribution in [0.1, 0.15) is 33.6 Å². The van der Waals surface area contributed by atoms with Gasteiger partial charge in [0.2, 0.25) is 0 Å². The third-order valence-corrected chi connectivity index (χ3v) is 5.12. The van der Waals surface area contributed by atoms with Crippen molar-refractivity contribution in [1.29, 1.82) is 0 Å². The third-order valence-electron chi connectivity index (χ3n) is 5.12. The maximum Gasteiger partial charge on any atom is 0.334 e. The Balaban J connectivity index is 1.97. The Hall–Kier alpha value is -0.830. The molecule has 3 nitrogen and oxygen atoms in total. The van der Waals surface area contributed by atoms with Crippen LogP contribution in [0, 0.1) is 29.1 Å². The first-order valence-electron chi connectivity index (χ1n) is 6.96. The lowest BCUT2D eigenvalue weighted by Gasteiger charge is -2.27. The van der Waals surface area contributed by atoms with E-state index in [9.17, 15) is 9.90 Å². The van der Waals surface area contributed by atoms with Gasteiger partial charge in [0, 0.05) is 5.57 Å². The van der Waals surface area contributed by atoms with Gasteiger partial charge in [0.1, 0.15) is 6.61 Å². The average Bonchev–Trinajstić information content (AvgIpc) is 2.77. The highest BCUT2D eigenvalue weighted by Crippen LogP contribution is 2.53. The van der Waals surface area contributed by atoms with Crippen LogP contribution in [0.3, 0.4) is 0 Å². The second-order valence-corrected chi connectivity index (χ2v) is 7.08. The molecule has 1 saturated carbocycles. The molecule has 1 N–H and O–H groups in total. The predicted molar refractivity (Wildman–Crippen MR) is 67.7 cm³/mol. The normalized spacial score (nSPS) is 45.9. The van der Waals surface area contributed by atoms with Gasteiger partial charge in [-0.15, -0.1) is 0 Å². The quantitative estimate of drug-likeness (QED) is 0.670. The van der Waals surface area contributed by atoms with Crippen molar-refractivity contribution in [3.05, 3.63) is 11.6 Å². The van der Waals surface area contributed by atoms with E-state index < -0.39 is 6.10 Å². The minimum absolute atomic E-state index is 0.0937. The van der Waals surface area contributed by atoms with Gasteiger partial charge < -0.3 is 9.84 Å². The first-order chi connectivity index (χ1) is 8.39. The zero-order valence-corrected chi connectivity index (χ0v) is 11.3. The van der Waals surface area contributed by atoms with Crippen molar-refractivity contribution in [2.75, 3.05) is 6.61 Å². The number of esters is 1. The topological polar surface area (TPSA) is 46.5 Å². The maximum absolute atomic E-state index is 11.7. The fourth-order valence-electron chi connectivity index (χ4n) is 4.28. The van der Waals surface area contributed by atoms with Crippen LogP contribution in [0.15, 0.2) is 11.6 Å². The fourth-order valence-corrected chi connectivity index (χ4v) is 4.28. The van der Waals surface area contributed by atoms with Crippen molar-refractivity contribution in [1.82, 2.24) is 0 Å². The lowest BCUT2D eigenvalue weighted by Crippen LogP contribution is -2.32. The third kappa shape index (κ3) is 1.71. The molecule has 0 aromatic rings. The molecule has 100 valence electrons. The molecule has 0 aromatic carbocycles. The molecule has 0 bridgehead atoms. The van der Waals surface area contributed by atoms with Gasteiger partial charge in [-0.1, -0.05) is 26.8 Å². The van der Waals surface area contributed by atoms with Crippen LogP contribution >= 0.6 is 0 Å². The molecular weight excluding hydrogens is 228 g/mol. The Bertz CT molecular complexity index is 410. The highest BCUT2D eigenvalue weighted by atomic mass is 16.5. The second-order valence-electron chi connectivity index (χ2n) is 7.08. The average molecular weight is 250 g/mol. The number of allylic oxidation sites excluding steroid dienone is 1. The van der Waals surface area contributed by atoms with Gasteiger partial charge in [0.15, 0.2) is 0 Å². The highest BCUT2D eigenvalue weighted by Gasteiger charge is 2.51. The number of hydrogen-bond acceptors (Lipinski definition) is 3. The largest absolute Gasteiger partial charge is 0.462 e. The van der Waals surface area contributed by atoms with Crippen LogP contribution in [0.25, 0.3) is 0 Å². The molecule has 0 spiro atoms. The summed E-state index contributed by atoms with van der Waals surface area (Å²) in [6, 6.07) is 0. The second kappa shape index (κ2) is 3.83. The van der Waals surface area contributed by atoms with E-state index >= 15 is 0 Å². The van der Waals surface area contributed by atoms with Crippen molar-refractivity contribution in [3.63, 3.8) is 0 Å². The van der Waals surface area contributed by atoms with Crippen molar-refractivity contribution >= 4 is 5.97 Å². The number of cyclic esters (lactones) is 1. The molecule has 3 heteroatoms. The van der Waals surface area contributed by atoms with E-state index in [1.54, 1.807) is 0 Å². The van der Waals surface area contributed by atoms with Gasteiger partial charge in [-0.25, -0.2) is 4.79 Å². The Labute approximate surface area is 108 Å². The summed E-state index contributed by atoms with van der Waals surface area (Å²) in [6.45, 7) is 7.10. The molecule has 0 unspecified atom stereocenters. The summed E-state index contributed by atoms with van der Waals surface area (Å²) in [5, 5.41) is 10.6. The van der Waals surface area contributed by atoms with E-state index in [2.05, 4.69) is 26.8 Å².